The van der Waals surface area contributed by atoms with E-state index in [1.54, 1.807) is 19.1 Å². The maximum atomic E-state index is 13.7. The average Bonchev–Trinajstić information content (AvgIpc) is 4.36. The minimum Gasteiger partial charge on any atom is -0.870 e. The molecule has 3 amide bonds. The van der Waals surface area contributed by atoms with Crippen molar-refractivity contribution in [1.29, 1.82) is 5.26 Å². The van der Waals surface area contributed by atoms with Crippen LogP contribution in [0.2, 0.25) is 0 Å². The largest absolute Gasteiger partial charge is 1.00 e. The van der Waals surface area contributed by atoms with Gasteiger partial charge in [0, 0.05) is 60.6 Å². The quantitative estimate of drug-likeness (QED) is 0.0880. The number of H-pyrrole nitrogens is 2. The third kappa shape index (κ3) is 13.7. The van der Waals surface area contributed by atoms with E-state index in [1.807, 2.05) is 65.3 Å². The molecule has 0 unspecified atom stereocenters. The number of nitriles is 1. The molecule has 0 atom stereocenters. The molecule has 0 radical (unpaired) electrons. The molecule has 0 spiro atoms. The summed E-state index contributed by atoms with van der Waals surface area (Å²) >= 11 is 0. The minimum absolute atomic E-state index is 0. The monoisotopic (exact) mass is 1030 g/mol. The van der Waals surface area contributed by atoms with Gasteiger partial charge in [-0.1, -0.05) is 50.2 Å². The molecule has 74 heavy (non-hydrogen) atoms. The van der Waals surface area contributed by atoms with E-state index in [-0.39, 0.29) is 81.2 Å². The summed E-state index contributed by atoms with van der Waals surface area (Å²) in [6.45, 7) is 11.4. The van der Waals surface area contributed by atoms with Crippen LogP contribution in [0.25, 0.3) is 22.8 Å². The van der Waals surface area contributed by atoms with Crippen molar-refractivity contribution in [3.05, 3.63) is 128 Å². The summed E-state index contributed by atoms with van der Waals surface area (Å²) in [5.74, 6) is 3.03. The number of nitrogens with two attached hydrogens (primary N) is 2. The first kappa shape index (κ1) is 57.5. The number of piperidine rings is 2. The summed E-state index contributed by atoms with van der Waals surface area (Å²) in [5.41, 5.74) is 22.8. The van der Waals surface area contributed by atoms with Crippen molar-refractivity contribution in [3.8, 4) is 34.9 Å². The maximum absolute atomic E-state index is 13.7. The number of aryl methyl sites for hydroxylation is 2. The van der Waals surface area contributed by atoms with Crippen molar-refractivity contribution in [2.45, 2.75) is 116 Å². The second kappa shape index (κ2) is 26.6. The first-order valence-electron chi connectivity index (χ1n) is 25.6. The number of nitrogens with one attached hydrogen (secondary N) is 2. The zero-order valence-corrected chi connectivity index (χ0v) is 46.5. The fourth-order valence-corrected chi connectivity index (χ4v) is 10.1. The normalized spacial score (nSPS) is 15.5. The Morgan fingerprint density at radius 1 is 0.676 bits per heavy atom. The summed E-state index contributed by atoms with van der Waals surface area (Å²) in [6, 6.07) is 26.3. The molecule has 384 valence electrons. The van der Waals surface area contributed by atoms with Gasteiger partial charge in [0.25, 0.3) is 11.8 Å². The zero-order chi connectivity index (χ0) is 50.9. The predicted molar refractivity (Wildman–Crippen MR) is 278 cm³/mol. The SMILES string of the molecule is CCO.CCOc1n[nH]c(-c2cc(C(=O)N3CCC(c4ccc(C(N)=O)cc4)CC3)c(CC)cc2C2CC2)n1.CCc1cc(C2CC2)c(-c2nc(N)n[nH]2)cc1C(=O)N1CCC(c2ccc(C#N)cc2)CC1.[K+].[OH-]. The maximum Gasteiger partial charge on any atom is 1.00 e. The van der Waals surface area contributed by atoms with Crippen LogP contribution in [0.15, 0.2) is 72.8 Å². The number of aliphatic hydroxyl groups excluding tert-OH is 1. The molecule has 10 rings (SSSR count). The van der Waals surface area contributed by atoms with Crippen molar-refractivity contribution in [2.75, 3.05) is 45.1 Å². The molecule has 2 saturated heterocycles. The second-order valence-corrected chi connectivity index (χ2v) is 19.1. The third-order valence-electron chi connectivity index (χ3n) is 14.3. The number of rotatable bonds is 13. The predicted octanol–water partition coefficient (Wildman–Crippen LogP) is 5.64. The van der Waals surface area contributed by atoms with Crippen molar-refractivity contribution in [1.82, 2.24) is 40.2 Å². The molecule has 6 aromatic rings. The van der Waals surface area contributed by atoms with E-state index in [2.05, 4.69) is 62.4 Å². The Bertz CT molecular complexity index is 2890. The molecule has 4 heterocycles. The summed E-state index contributed by atoms with van der Waals surface area (Å²) < 4.78 is 5.45. The number of aliphatic hydroxyl groups is 1. The van der Waals surface area contributed by atoms with Gasteiger partial charge in [-0.3, -0.25) is 24.6 Å². The number of hydrogen-bond donors (Lipinski definition) is 5. The van der Waals surface area contributed by atoms with E-state index >= 15 is 0 Å². The first-order valence-corrected chi connectivity index (χ1v) is 25.6. The Hall–Kier alpha value is -5.78. The Balaban J connectivity index is 0.000000224. The smallest absolute Gasteiger partial charge is 0.870 e. The van der Waals surface area contributed by atoms with E-state index in [0.717, 1.165) is 111 Å². The summed E-state index contributed by atoms with van der Waals surface area (Å²) in [4.78, 5) is 51.5. The number of aromatic nitrogens is 6. The zero-order valence-electron chi connectivity index (χ0n) is 43.4. The van der Waals surface area contributed by atoms with Gasteiger partial charge in [-0.2, -0.15) is 15.2 Å². The molecule has 2 aliphatic carbocycles. The molecule has 0 bridgehead atoms. The van der Waals surface area contributed by atoms with Crippen molar-refractivity contribution in [2.24, 2.45) is 5.73 Å². The van der Waals surface area contributed by atoms with Crippen molar-refractivity contribution < 1.29 is 81.1 Å². The van der Waals surface area contributed by atoms with Gasteiger partial charge in [-0.15, -0.1) is 10.2 Å². The molecule has 17 nitrogen and oxygen atoms in total. The number of primary amides is 1. The Kier molecular flexibility index (Phi) is 20.7. The van der Waals surface area contributed by atoms with Crippen LogP contribution < -0.4 is 67.6 Å². The van der Waals surface area contributed by atoms with E-state index in [4.69, 9.17) is 26.6 Å². The minimum atomic E-state index is -0.416. The molecule has 2 aliphatic heterocycles. The van der Waals surface area contributed by atoms with Crippen LogP contribution in [0.4, 0.5) is 5.95 Å². The van der Waals surface area contributed by atoms with Crippen molar-refractivity contribution in [3.63, 3.8) is 0 Å². The van der Waals surface area contributed by atoms with E-state index in [0.29, 0.717) is 72.2 Å². The van der Waals surface area contributed by atoms with Crippen LogP contribution in [0.3, 0.4) is 0 Å². The second-order valence-electron chi connectivity index (χ2n) is 19.1. The number of nitrogen functional groups attached to an aromatic ring is 1. The molecule has 4 aliphatic rings. The van der Waals surface area contributed by atoms with Crippen LogP contribution in [-0.4, -0.2) is 108 Å². The molecule has 4 fully saturated rings. The van der Waals surface area contributed by atoms with Crippen LogP contribution in [0, 0.1) is 11.3 Å². The number of likely N-dealkylation sites (tertiary alicyclic amines) is 2. The van der Waals surface area contributed by atoms with Gasteiger partial charge in [0.05, 0.1) is 18.2 Å². The van der Waals surface area contributed by atoms with Crippen LogP contribution in [0.5, 0.6) is 6.01 Å². The number of carbonyl (C=O) groups is 3. The topological polar surface area (TPSA) is 276 Å². The third-order valence-corrected chi connectivity index (χ3v) is 14.3. The number of anilines is 1. The number of benzene rings is 4. The molecule has 2 aromatic heterocycles. The van der Waals surface area contributed by atoms with Gasteiger partial charge < -0.3 is 36.6 Å². The van der Waals surface area contributed by atoms with Gasteiger partial charge in [0.2, 0.25) is 11.9 Å². The van der Waals surface area contributed by atoms with Gasteiger partial charge in [-0.25, -0.2) is 0 Å². The molecular formula is C56H68KN11O6. The molecule has 2 saturated carbocycles. The van der Waals surface area contributed by atoms with E-state index in [9.17, 15) is 14.4 Å². The van der Waals surface area contributed by atoms with E-state index in [1.165, 1.54) is 22.3 Å². The number of ether oxygens (including phenoxy) is 1. The fourth-order valence-electron chi connectivity index (χ4n) is 10.1. The summed E-state index contributed by atoms with van der Waals surface area (Å²) in [5, 5.41) is 30.7. The summed E-state index contributed by atoms with van der Waals surface area (Å²) in [7, 11) is 0. The standard InChI is InChI=1S/C28H33N5O3.C26H28N6O.C2H6O.K.H2O/c1-3-17-15-22(20-7-8-20)24(26-30-28(32-31-26)36-4-2)16-23(17)27(35)33-13-11-19(12-14-33)18-5-9-21(10-6-18)25(29)34;1-2-17-13-21(20-7-8-20)23(24-29-26(28)31-30-24)14-22(17)25(33)32-11-9-19(10-12-32)18-5-3-16(15-27)4-6-18;1-2-3;;/h5-6,9-10,15-16,19-20H,3-4,7-8,11-14H2,1-2H3,(H2,29,34)(H,30,31,32);3-6,13-14,19-20H,2,7-12H2,1H3,(H3,28,29,30,31);3H,2H2,1H3;;1H2/q;;;+1;/p-1. The number of amides is 3. The van der Waals surface area contributed by atoms with Crippen LogP contribution in [0.1, 0.15) is 173 Å². The number of aromatic amines is 2. The summed E-state index contributed by atoms with van der Waals surface area (Å²) in [6.07, 6.45) is 9.85. The number of nitrogens with zero attached hydrogens (tertiary/aromatic N) is 7. The van der Waals surface area contributed by atoms with Crippen molar-refractivity contribution >= 4 is 23.7 Å². The first-order chi connectivity index (χ1) is 35.0. The number of hydrogen-bond acceptors (Lipinski definition) is 12. The fraction of sp³-hybridized carbons (Fsp3) is 0.429. The molecule has 18 heteroatoms. The Morgan fingerprint density at radius 2 is 1.11 bits per heavy atom. The molecular weight excluding hydrogens is 962 g/mol. The van der Waals surface area contributed by atoms with Crippen LogP contribution in [-0.2, 0) is 12.8 Å². The van der Waals surface area contributed by atoms with Crippen LogP contribution >= 0.6 is 0 Å². The Morgan fingerprint density at radius 3 is 1.49 bits per heavy atom. The van der Waals surface area contributed by atoms with Gasteiger partial charge >= 0.3 is 57.4 Å². The number of carbonyl (C=O) groups excluding carboxylic acids is 3. The Labute approximate surface area is 476 Å². The molecule has 8 N–H and O–H groups in total. The van der Waals surface area contributed by atoms with Gasteiger partial charge in [0.1, 0.15) is 0 Å². The van der Waals surface area contributed by atoms with Gasteiger partial charge in [0.15, 0.2) is 11.6 Å². The van der Waals surface area contributed by atoms with E-state index < -0.39 is 5.91 Å². The molecule has 4 aromatic carbocycles. The average molecular weight is 1030 g/mol. The van der Waals surface area contributed by atoms with Gasteiger partial charge in [-0.05, 0) is 172 Å².